The van der Waals surface area contributed by atoms with Crippen molar-refractivity contribution in [3.05, 3.63) is 80.3 Å². The maximum atomic E-state index is 6.11. The Hall–Kier alpha value is -0.770. The van der Waals surface area contributed by atoms with Crippen molar-refractivity contribution in [1.82, 2.24) is 0 Å². The second-order valence-corrected chi connectivity index (χ2v) is 12.5. The first kappa shape index (κ1) is 20.0. The minimum absolute atomic E-state index is 0.149. The number of hydrogen-bond acceptors (Lipinski definition) is 0. The molecule has 0 bridgehead atoms. The lowest BCUT2D eigenvalue weighted by Crippen LogP contribution is -2.14. The summed E-state index contributed by atoms with van der Waals surface area (Å²) in [6.45, 7) is 9.21. The highest BCUT2D eigenvalue weighted by Crippen LogP contribution is 2.48. The van der Waals surface area contributed by atoms with E-state index >= 15 is 0 Å². The zero-order chi connectivity index (χ0) is 18.8. The normalized spacial score (nSPS) is 11.3. The minimum atomic E-state index is -0.405. The van der Waals surface area contributed by atoms with Crippen LogP contribution in [0.1, 0.15) is 21.7 Å². The average Bonchev–Trinajstić information content (AvgIpc) is 2.82. The SMILES string of the molecule is Cc1c(C)c(C)p(CCP(c2ccc(Cl)cc2)c2ccc(Cl)cc2)c1C. The van der Waals surface area contributed by atoms with E-state index < -0.39 is 7.92 Å². The Kier molecular flexibility index (Phi) is 6.53. The largest absolute Gasteiger partial charge is 0.118 e. The van der Waals surface area contributed by atoms with E-state index in [1.807, 2.05) is 24.3 Å². The van der Waals surface area contributed by atoms with Gasteiger partial charge in [0.2, 0.25) is 0 Å². The molecular formula is C22H24Cl2P2. The second-order valence-electron chi connectivity index (χ2n) is 6.68. The molecule has 0 nitrogen and oxygen atoms in total. The molecule has 0 saturated heterocycles. The Morgan fingerprint density at radius 2 is 1.08 bits per heavy atom. The lowest BCUT2D eigenvalue weighted by molar-refractivity contribution is 1.32. The van der Waals surface area contributed by atoms with Gasteiger partial charge in [-0.15, -0.1) is 7.53 Å². The number of hydrogen-bond donors (Lipinski definition) is 0. The topological polar surface area (TPSA) is 0 Å². The Morgan fingerprint density at radius 1 is 0.692 bits per heavy atom. The summed E-state index contributed by atoms with van der Waals surface area (Å²) < 4.78 is 0. The summed E-state index contributed by atoms with van der Waals surface area (Å²) in [5, 5.41) is 7.58. The van der Waals surface area contributed by atoms with Gasteiger partial charge in [-0.05, 0) is 105 Å². The van der Waals surface area contributed by atoms with Gasteiger partial charge in [0.25, 0.3) is 0 Å². The van der Waals surface area contributed by atoms with Crippen LogP contribution in [0, 0.1) is 27.7 Å². The van der Waals surface area contributed by atoms with E-state index in [1.54, 1.807) is 10.6 Å². The van der Waals surface area contributed by atoms with E-state index in [0.717, 1.165) is 10.0 Å². The van der Waals surface area contributed by atoms with Gasteiger partial charge in [-0.2, -0.15) is 0 Å². The number of halogens is 2. The van der Waals surface area contributed by atoms with Crippen LogP contribution in [0.2, 0.25) is 10.0 Å². The van der Waals surface area contributed by atoms with Gasteiger partial charge in [0.05, 0.1) is 0 Å². The van der Waals surface area contributed by atoms with Gasteiger partial charge in [0.1, 0.15) is 0 Å². The molecule has 0 atom stereocenters. The highest BCUT2D eigenvalue weighted by molar-refractivity contribution is 7.73. The molecule has 2 aromatic carbocycles. The Bertz CT molecular complexity index is 822. The summed E-state index contributed by atoms with van der Waals surface area (Å²) >= 11 is 12.2. The summed E-state index contributed by atoms with van der Waals surface area (Å²) in [4.78, 5) is 0. The van der Waals surface area contributed by atoms with Crippen LogP contribution in [-0.2, 0) is 6.16 Å². The predicted octanol–water partition coefficient (Wildman–Crippen LogP) is 7.35. The molecule has 136 valence electrons. The fourth-order valence-corrected chi connectivity index (χ4v) is 9.39. The van der Waals surface area contributed by atoms with E-state index in [9.17, 15) is 0 Å². The molecule has 3 rings (SSSR count). The molecule has 0 N–H and O–H groups in total. The Morgan fingerprint density at radius 3 is 1.46 bits per heavy atom. The van der Waals surface area contributed by atoms with Crippen molar-refractivity contribution in [1.29, 1.82) is 0 Å². The predicted molar refractivity (Wildman–Crippen MR) is 122 cm³/mol. The molecule has 0 spiro atoms. The highest BCUT2D eigenvalue weighted by atomic mass is 35.5. The summed E-state index contributed by atoms with van der Waals surface area (Å²) in [5.74, 6) is 0. The van der Waals surface area contributed by atoms with Crippen LogP contribution in [0.5, 0.6) is 0 Å². The van der Waals surface area contributed by atoms with E-state index in [1.165, 1.54) is 34.1 Å². The van der Waals surface area contributed by atoms with Crippen molar-refractivity contribution in [3.63, 3.8) is 0 Å². The molecule has 1 aromatic heterocycles. The molecule has 0 aliphatic carbocycles. The Balaban J connectivity index is 1.93. The molecule has 4 heteroatoms. The van der Waals surface area contributed by atoms with Gasteiger partial charge in [0.15, 0.2) is 0 Å². The fraction of sp³-hybridized carbons (Fsp3) is 0.273. The zero-order valence-electron chi connectivity index (χ0n) is 15.7. The smallest absolute Gasteiger partial charge is 0.0406 e. The van der Waals surface area contributed by atoms with Crippen molar-refractivity contribution in [2.24, 2.45) is 0 Å². The fourth-order valence-electron chi connectivity index (χ4n) is 3.38. The molecule has 0 aliphatic heterocycles. The standard InChI is InChI=1S/C22H24Cl2P2/c1-15-16(2)18(4)25(17(15)3)13-14-26(21-9-5-19(23)6-10-21)22-11-7-20(24)8-12-22/h5-12H,13-14H2,1-4H3. The Labute approximate surface area is 169 Å². The van der Waals surface area contributed by atoms with Crippen molar-refractivity contribution in [2.75, 3.05) is 6.16 Å². The van der Waals surface area contributed by atoms with Crippen molar-refractivity contribution >= 4 is 49.3 Å². The maximum absolute atomic E-state index is 6.11. The molecule has 26 heavy (non-hydrogen) atoms. The first-order valence-corrected chi connectivity index (χ1v) is 12.6. The van der Waals surface area contributed by atoms with Crippen molar-refractivity contribution in [3.8, 4) is 0 Å². The van der Waals surface area contributed by atoms with Crippen molar-refractivity contribution in [2.45, 2.75) is 33.9 Å². The lowest BCUT2D eigenvalue weighted by atomic mass is 10.2. The molecule has 0 unspecified atom stereocenters. The van der Waals surface area contributed by atoms with Crippen molar-refractivity contribution < 1.29 is 0 Å². The van der Waals surface area contributed by atoms with Crippen LogP contribution in [0.3, 0.4) is 0 Å². The van der Waals surface area contributed by atoms with Gasteiger partial charge in [-0.3, -0.25) is 0 Å². The maximum Gasteiger partial charge on any atom is 0.0406 e. The summed E-state index contributed by atoms with van der Waals surface area (Å²) in [7, 11) is -0.553. The van der Waals surface area contributed by atoms with Gasteiger partial charge in [0, 0.05) is 10.0 Å². The number of rotatable bonds is 5. The summed E-state index contributed by atoms with van der Waals surface area (Å²) in [6.07, 6.45) is 2.44. The molecule has 0 saturated carbocycles. The van der Waals surface area contributed by atoms with Gasteiger partial charge >= 0.3 is 0 Å². The second kappa shape index (κ2) is 8.50. The van der Waals surface area contributed by atoms with E-state index in [-0.39, 0.29) is 7.53 Å². The zero-order valence-corrected chi connectivity index (χ0v) is 19.0. The third kappa shape index (κ3) is 4.21. The molecular weight excluding hydrogens is 397 g/mol. The molecule has 3 aromatic rings. The van der Waals surface area contributed by atoms with E-state index in [0.29, 0.717) is 0 Å². The molecule has 0 aliphatic rings. The summed E-state index contributed by atoms with van der Waals surface area (Å²) in [6, 6.07) is 16.8. The van der Waals surface area contributed by atoms with E-state index in [2.05, 4.69) is 52.0 Å². The highest BCUT2D eigenvalue weighted by Gasteiger charge is 2.17. The van der Waals surface area contributed by atoms with Gasteiger partial charge in [-0.1, -0.05) is 47.5 Å². The lowest BCUT2D eigenvalue weighted by Gasteiger charge is -2.20. The van der Waals surface area contributed by atoms with Crippen LogP contribution in [-0.4, -0.2) is 6.16 Å². The first-order valence-electron chi connectivity index (χ1n) is 8.80. The average molecular weight is 421 g/mol. The molecule has 1 heterocycles. The van der Waals surface area contributed by atoms with E-state index in [4.69, 9.17) is 23.2 Å². The third-order valence-electron chi connectivity index (χ3n) is 5.28. The van der Waals surface area contributed by atoms with Crippen LogP contribution in [0.15, 0.2) is 48.5 Å². The minimum Gasteiger partial charge on any atom is -0.118 e. The van der Waals surface area contributed by atoms with Crippen LogP contribution < -0.4 is 10.6 Å². The van der Waals surface area contributed by atoms with Crippen LogP contribution >= 0.6 is 38.7 Å². The quantitative estimate of drug-likeness (QED) is 0.378. The van der Waals surface area contributed by atoms with Crippen LogP contribution in [0.4, 0.5) is 0 Å². The van der Waals surface area contributed by atoms with Gasteiger partial charge in [-0.25, -0.2) is 0 Å². The van der Waals surface area contributed by atoms with Crippen LogP contribution in [0.25, 0.3) is 0 Å². The monoisotopic (exact) mass is 420 g/mol. The molecule has 0 fully saturated rings. The van der Waals surface area contributed by atoms with Gasteiger partial charge < -0.3 is 0 Å². The third-order valence-corrected chi connectivity index (χ3v) is 11.6. The molecule has 0 radical (unpaired) electrons. The number of benzene rings is 2. The first-order chi connectivity index (χ1) is 12.4. The molecule has 0 amide bonds. The summed E-state index contributed by atoms with van der Waals surface area (Å²) in [5.41, 5.74) is 3.02.